The van der Waals surface area contributed by atoms with Crippen molar-refractivity contribution >= 4 is 27.3 Å². The number of anilines is 2. The lowest BCUT2D eigenvalue weighted by Crippen LogP contribution is -2.48. The Morgan fingerprint density at radius 3 is 2.44 bits per heavy atom. The van der Waals surface area contributed by atoms with Gasteiger partial charge in [0.05, 0.1) is 28.5 Å². The lowest BCUT2D eigenvalue weighted by molar-refractivity contribution is -0.0440. The first-order valence-corrected chi connectivity index (χ1v) is 10.1. The van der Waals surface area contributed by atoms with Gasteiger partial charge in [-0.2, -0.15) is 4.31 Å². The van der Waals surface area contributed by atoms with Crippen LogP contribution in [-0.2, 0) is 14.8 Å². The van der Waals surface area contributed by atoms with Gasteiger partial charge in [0.1, 0.15) is 0 Å². The topological polar surface area (TPSA) is 102 Å². The van der Waals surface area contributed by atoms with Crippen LogP contribution in [0, 0.1) is 0 Å². The largest absolute Gasteiger partial charge is 0.397 e. The van der Waals surface area contributed by atoms with Gasteiger partial charge in [0.2, 0.25) is 10.0 Å². The van der Waals surface area contributed by atoms with Gasteiger partial charge in [-0.25, -0.2) is 8.42 Å². The summed E-state index contributed by atoms with van der Waals surface area (Å²) >= 11 is 0. The summed E-state index contributed by atoms with van der Waals surface area (Å²) < 4.78 is 33.0. The van der Waals surface area contributed by atoms with Gasteiger partial charge in [-0.15, -0.1) is 0 Å². The highest BCUT2D eigenvalue weighted by atomic mass is 32.2. The zero-order valence-electron chi connectivity index (χ0n) is 15.3. The summed E-state index contributed by atoms with van der Waals surface area (Å²) in [6, 6.07) is 12.9. The van der Waals surface area contributed by atoms with Gasteiger partial charge in [0.15, 0.2) is 0 Å². The molecule has 27 heavy (non-hydrogen) atoms. The number of nitrogens with two attached hydrogens (primary N) is 1. The molecule has 2 aromatic rings. The number of nitrogens with one attached hydrogen (secondary N) is 1. The van der Waals surface area contributed by atoms with Gasteiger partial charge in [-0.05, 0) is 44.2 Å². The number of rotatable bonds is 4. The van der Waals surface area contributed by atoms with E-state index in [9.17, 15) is 13.2 Å². The lowest BCUT2D eigenvalue weighted by atomic mass is 10.2. The van der Waals surface area contributed by atoms with Crippen molar-refractivity contribution in [2.24, 2.45) is 0 Å². The van der Waals surface area contributed by atoms with Crippen LogP contribution in [0.2, 0.25) is 0 Å². The van der Waals surface area contributed by atoms with E-state index in [0.29, 0.717) is 11.4 Å². The molecule has 1 heterocycles. The third-order valence-electron chi connectivity index (χ3n) is 4.33. The second-order valence-corrected chi connectivity index (χ2v) is 8.59. The molecule has 8 heteroatoms. The minimum Gasteiger partial charge on any atom is -0.397 e. The molecule has 2 atom stereocenters. The second kappa shape index (κ2) is 7.67. The molecule has 1 aliphatic rings. The molecule has 0 aliphatic carbocycles. The first-order chi connectivity index (χ1) is 12.8. The molecule has 7 nitrogen and oxygen atoms in total. The van der Waals surface area contributed by atoms with Gasteiger partial charge in [0.25, 0.3) is 5.91 Å². The Balaban J connectivity index is 1.84. The van der Waals surface area contributed by atoms with E-state index in [-0.39, 0.29) is 35.8 Å². The molecule has 0 spiro atoms. The van der Waals surface area contributed by atoms with Crippen LogP contribution < -0.4 is 11.1 Å². The number of amides is 1. The summed E-state index contributed by atoms with van der Waals surface area (Å²) in [5, 5.41) is 2.71. The van der Waals surface area contributed by atoms with Crippen molar-refractivity contribution in [2.45, 2.75) is 31.0 Å². The van der Waals surface area contributed by atoms with Crippen LogP contribution >= 0.6 is 0 Å². The molecule has 3 rings (SSSR count). The van der Waals surface area contributed by atoms with Gasteiger partial charge in [-0.3, -0.25) is 4.79 Å². The number of para-hydroxylation sites is 2. The van der Waals surface area contributed by atoms with Crippen molar-refractivity contribution in [3.05, 3.63) is 54.1 Å². The lowest BCUT2D eigenvalue weighted by Gasteiger charge is -2.34. The Hall–Kier alpha value is -2.42. The maximum atomic E-state index is 13.0. The summed E-state index contributed by atoms with van der Waals surface area (Å²) in [5.74, 6) is -0.423. The van der Waals surface area contributed by atoms with Crippen LogP contribution in [0.5, 0.6) is 0 Å². The molecular weight excluding hydrogens is 366 g/mol. The van der Waals surface area contributed by atoms with Crippen LogP contribution in [0.4, 0.5) is 11.4 Å². The third kappa shape index (κ3) is 4.29. The summed E-state index contributed by atoms with van der Waals surface area (Å²) in [7, 11) is -3.72. The number of morpholine rings is 1. The van der Waals surface area contributed by atoms with Crippen molar-refractivity contribution in [3.8, 4) is 0 Å². The molecule has 1 amide bonds. The van der Waals surface area contributed by atoms with E-state index in [1.807, 2.05) is 13.8 Å². The first kappa shape index (κ1) is 19.3. The highest BCUT2D eigenvalue weighted by Crippen LogP contribution is 2.23. The average molecular weight is 389 g/mol. The fourth-order valence-electron chi connectivity index (χ4n) is 3.08. The molecule has 1 saturated heterocycles. The third-order valence-corrected chi connectivity index (χ3v) is 6.16. The summed E-state index contributed by atoms with van der Waals surface area (Å²) in [6.45, 7) is 4.24. The number of sulfonamides is 1. The van der Waals surface area contributed by atoms with Crippen LogP contribution in [0.3, 0.4) is 0 Å². The van der Waals surface area contributed by atoms with E-state index in [2.05, 4.69) is 5.32 Å². The molecule has 0 bridgehead atoms. The molecule has 2 aromatic carbocycles. The number of ether oxygens (including phenoxy) is 1. The Labute approximate surface area is 159 Å². The second-order valence-electron chi connectivity index (χ2n) is 6.65. The number of carbonyl (C=O) groups is 1. The fraction of sp³-hybridized carbons (Fsp3) is 0.316. The van der Waals surface area contributed by atoms with E-state index in [1.54, 1.807) is 36.4 Å². The number of hydrogen-bond donors (Lipinski definition) is 2. The maximum absolute atomic E-state index is 13.0. The van der Waals surface area contributed by atoms with Gasteiger partial charge < -0.3 is 15.8 Å². The van der Waals surface area contributed by atoms with Gasteiger partial charge >= 0.3 is 0 Å². The number of benzene rings is 2. The number of nitrogen functional groups attached to an aromatic ring is 1. The van der Waals surface area contributed by atoms with E-state index in [0.717, 1.165) is 0 Å². The smallest absolute Gasteiger partial charge is 0.255 e. The maximum Gasteiger partial charge on any atom is 0.255 e. The summed E-state index contributed by atoms with van der Waals surface area (Å²) in [4.78, 5) is 12.6. The van der Waals surface area contributed by atoms with Crippen molar-refractivity contribution < 1.29 is 17.9 Å². The molecule has 144 valence electrons. The minimum atomic E-state index is -3.72. The van der Waals surface area contributed by atoms with Crippen LogP contribution in [0.1, 0.15) is 24.2 Å². The van der Waals surface area contributed by atoms with Gasteiger partial charge in [0, 0.05) is 18.7 Å². The SMILES string of the molecule is CC1CN(S(=O)(=O)c2cccc(C(=O)Nc3ccccc3N)c2)CC(C)O1. The zero-order chi connectivity index (χ0) is 19.6. The Kier molecular flexibility index (Phi) is 5.50. The van der Waals surface area contributed by atoms with Crippen molar-refractivity contribution in [1.82, 2.24) is 4.31 Å². The molecule has 0 saturated carbocycles. The molecule has 1 fully saturated rings. The Morgan fingerprint density at radius 1 is 1.11 bits per heavy atom. The van der Waals surface area contributed by atoms with E-state index < -0.39 is 15.9 Å². The molecule has 0 aromatic heterocycles. The van der Waals surface area contributed by atoms with Crippen LogP contribution in [-0.4, -0.2) is 43.9 Å². The predicted molar refractivity (Wildman–Crippen MR) is 104 cm³/mol. The molecular formula is C19H23N3O4S. The van der Waals surface area contributed by atoms with Gasteiger partial charge in [-0.1, -0.05) is 18.2 Å². The van der Waals surface area contributed by atoms with E-state index in [1.165, 1.54) is 16.4 Å². The monoisotopic (exact) mass is 389 g/mol. The van der Waals surface area contributed by atoms with Crippen molar-refractivity contribution in [2.75, 3.05) is 24.1 Å². The summed E-state index contributed by atoms with van der Waals surface area (Å²) in [6.07, 6.45) is -0.368. The first-order valence-electron chi connectivity index (χ1n) is 8.69. The molecule has 3 N–H and O–H groups in total. The molecule has 1 aliphatic heterocycles. The highest BCUT2D eigenvalue weighted by Gasteiger charge is 2.32. The zero-order valence-corrected chi connectivity index (χ0v) is 16.1. The van der Waals surface area contributed by atoms with E-state index in [4.69, 9.17) is 10.5 Å². The number of carbonyl (C=O) groups excluding carboxylic acids is 1. The molecule has 0 radical (unpaired) electrons. The number of nitrogens with zero attached hydrogens (tertiary/aromatic N) is 1. The van der Waals surface area contributed by atoms with Crippen molar-refractivity contribution in [1.29, 1.82) is 0 Å². The minimum absolute atomic E-state index is 0.0810. The van der Waals surface area contributed by atoms with E-state index >= 15 is 0 Å². The average Bonchev–Trinajstić information content (AvgIpc) is 2.63. The fourth-order valence-corrected chi connectivity index (χ4v) is 4.72. The van der Waals surface area contributed by atoms with Crippen LogP contribution in [0.25, 0.3) is 0 Å². The van der Waals surface area contributed by atoms with Crippen LogP contribution in [0.15, 0.2) is 53.4 Å². The highest BCUT2D eigenvalue weighted by molar-refractivity contribution is 7.89. The quantitative estimate of drug-likeness (QED) is 0.782. The Bertz CT molecular complexity index is 935. The number of hydrogen-bond acceptors (Lipinski definition) is 5. The summed E-state index contributed by atoms with van der Waals surface area (Å²) in [5.41, 5.74) is 7.00. The molecule has 2 unspecified atom stereocenters. The normalized spacial score (nSPS) is 21.0. The van der Waals surface area contributed by atoms with Crippen molar-refractivity contribution in [3.63, 3.8) is 0 Å². The predicted octanol–water partition coefficient (Wildman–Crippen LogP) is 2.32. The Morgan fingerprint density at radius 2 is 1.78 bits per heavy atom. The standard InChI is InChI=1S/C19H23N3O4S/c1-13-11-22(12-14(2)26-13)27(24,25)16-7-5-6-15(10-16)19(23)21-18-9-4-3-8-17(18)20/h3-10,13-14H,11-12,20H2,1-2H3,(H,21,23).